The van der Waals surface area contributed by atoms with Crippen LogP contribution in [-0.4, -0.2) is 27.7 Å². The topological polar surface area (TPSA) is 84.1 Å². The molecule has 17 heavy (non-hydrogen) atoms. The number of nitrogen functional groups attached to an aromatic ring is 1. The number of halogens is 1. The number of hydrogen-bond donors (Lipinski definition) is 3. The van der Waals surface area contributed by atoms with Crippen LogP contribution in [0.4, 0.5) is 11.8 Å². The average Bonchev–Trinajstić information content (AvgIpc) is 2.66. The second kappa shape index (κ2) is 5.32. The number of aliphatic hydroxyl groups is 1. The van der Waals surface area contributed by atoms with Crippen molar-refractivity contribution in [1.29, 1.82) is 0 Å². The molecule has 7 heteroatoms. The molecule has 0 fully saturated rings. The molecule has 0 aliphatic rings. The second-order valence-corrected chi connectivity index (χ2v) is 6.57. The van der Waals surface area contributed by atoms with Gasteiger partial charge in [-0.05, 0) is 35.1 Å². The first-order chi connectivity index (χ1) is 8.13. The first kappa shape index (κ1) is 12.8. The molecule has 0 spiro atoms. The summed E-state index contributed by atoms with van der Waals surface area (Å²) in [6, 6.07) is 1.97. The van der Waals surface area contributed by atoms with E-state index in [4.69, 9.17) is 5.73 Å². The van der Waals surface area contributed by atoms with E-state index in [0.29, 0.717) is 5.82 Å². The summed E-state index contributed by atoms with van der Waals surface area (Å²) < 4.78 is 2.12. The minimum atomic E-state index is -0.00717. The van der Waals surface area contributed by atoms with E-state index in [1.165, 1.54) is 0 Å². The Labute approximate surface area is 117 Å². The molecular weight excluding hydrogens is 351 g/mol. The number of nitrogens with zero attached hydrogens (tertiary/aromatic N) is 2. The van der Waals surface area contributed by atoms with Crippen LogP contribution >= 0.6 is 33.9 Å². The van der Waals surface area contributed by atoms with Crippen LogP contribution in [0.15, 0.2) is 6.07 Å². The normalized spacial score (nSPS) is 12.9. The third kappa shape index (κ3) is 2.78. The summed E-state index contributed by atoms with van der Waals surface area (Å²) >= 11 is 3.86. The Kier molecular flexibility index (Phi) is 4.00. The molecule has 0 unspecified atom stereocenters. The average molecular weight is 364 g/mol. The van der Waals surface area contributed by atoms with Gasteiger partial charge in [0.2, 0.25) is 5.95 Å². The van der Waals surface area contributed by atoms with Gasteiger partial charge >= 0.3 is 0 Å². The van der Waals surface area contributed by atoms with Crippen LogP contribution in [-0.2, 0) is 0 Å². The minimum Gasteiger partial charge on any atom is -0.394 e. The Morgan fingerprint density at radius 1 is 1.59 bits per heavy atom. The predicted molar refractivity (Wildman–Crippen MR) is 79.3 cm³/mol. The van der Waals surface area contributed by atoms with Crippen molar-refractivity contribution in [2.45, 2.75) is 19.4 Å². The highest BCUT2D eigenvalue weighted by molar-refractivity contribution is 14.1. The highest BCUT2D eigenvalue weighted by Gasteiger charge is 2.12. The number of hydrogen-bond acceptors (Lipinski definition) is 6. The number of rotatable bonds is 4. The third-order valence-electron chi connectivity index (χ3n) is 2.41. The van der Waals surface area contributed by atoms with E-state index in [9.17, 15) is 5.11 Å². The summed E-state index contributed by atoms with van der Waals surface area (Å²) in [5.74, 6) is 0.961. The minimum absolute atomic E-state index is 0.00717. The molecule has 0 saturated heterocycles. The fourth-order valence-electron chi connectivity index (χ4n) is 1.49. The first-order valence-electron chi connectivity index (χ1n) is 5.24. The van der Waals surface area contributed by atoms with E-state index in [2.05, 4.69) is 37.9 Å². The van der Waals surface area contributed by atoms with E-state index in [1.54, 1.807) is 11.3 Å². The van der Waals surface area contributed by atoms with Gasteiger partial charge in [-0.1, -0.05) is 6.92 Å². The summed E-state index contributed by atoms with van der Waals surface area (Å²) in [6.45, 7) is 2.08. The van der Waals surface area contributed by atoms with Crippen molar-refractivity contribution in [3.8, 4) is 0 Å². The molecule has 4 N–H and O–H groups in total. The molecule has 2 heterocycles. The van der Waals surface area contributed by atoms with Gasteiger partial charge in [-0.15, -0.1) is 11.3 Å². The van der Waals surface area contributed by atoms with Crippen molar-refractivity contribution in [1.82, 2.24) is 9.97 Å². The Bertz CT molecular complexity index is 526. The molecule has 2 aromatic heterocycles. The lowest BCUT2D eigenvalue weighted by atomic mass is 10.2. The Morgan fingerprint density at radius 3 is 3.00 bits per heavy atom. The number of thiophene rings is 1. The van der Waals surface area contributed by atoms with Gasteiger partial charge in [0.05, 0.1) is 25.7 Å². The van der Waals surface area contributed by atoms with Gasteiger partial charge < -0.3 is 16.2 Å². The summed E-state index contributed by atoms with van der Waals surface area (Å²) in [6.07, 6.45) is 0.824. The maximum atomic E-state index is 9.20. The lowest BCUT2D eigenvalue weighted by molar-refractivity contribution is 0.271. The van der Waals surface area contributed by atoms with E-state index >= 15 is 0 Å². The molecule has 2 rings (SSSR count). The van der Waals surface area contributed by atoms with Crippen molar-refractivity contribution in [2.24, 2.45) is 0 Å². The van der Waals surface area contributed by atoms with Gasteiger partial charge in [0.15, 0.2) is 0 Å². The first-order valence-corrected chi connectivity index (χ1v) is 7.13. The van der Waals surface area contributed by atoms with Gasteiger partial charge in [0, 0.05) is 0 Å². The summed E-state index contributed by atoms with van der Waals surface area (Å²) in [4.78, 5) is 8.39. The molecule has 5 nitrogen and oxygen atoms in total. The maximum Gasteiger partial charge on any atom is 0.222 e. The predicted octanol–water partition coefficient (Wildman–Crippen LogP) is 2.06. The largest absolute Gasteiger partial charge is 0.394 e. The summed E-state index contributed by atoms with van der Waals surface area (Å²) in [7, 11) is 0. The van der Waals surface area contributed by atoms with Crippen molar-refractivity contribution < 1.29 is 5.11 Å². The summed E-state index contributed by atoms with van der Waals surface area (Å²) in [5.41, 5.74) is 6.52. The van der Waals surface area contributed by atoms with Gasteiger partial charge in [-0.2, -0.15) is 4.98 Å². The SMILES string of the molecule is CC[C@H](CO)Nc1nc(N)nc2cc(I)sc12. The van der Waals surface area contributed by atoms with E-state index in [0.717, 1.165) is 19.5 Å². The Morgan fingerprint density at radius 2 is 2.35 bits per heavy atom. The zero-order valence-corrected chi connectivity index (χ0v) is 12.2. The lowest BCUT2D eigenvalue weighted by Crippen LogP contribution is -2.23. The molecular formula is C10H13IN4OS. The van der Waals surface area contributed by atoms with Crippen LogP contribution in [0, 0.1) is 2.88 Å². The van der Waals surface area contributed by atoms with Crippen LogP contribution in [0.3, 0.4) is 0 Å². The number of anilines is 2. The van der Waals surface area contributed by atoms with Crippen molar-refractivity contribution >= 4 is 55.9 Å². The quantitative estimate of drug-likeness (QED) is 0.724. The smallest absolute Gasteiger partial charge is 0.222 e. The standard InChI is InChI=1S/C10H13IN4OS/c1-2-5(4-16)13-9-8-6(3-7(11)17-8)14-10(12)15-9/h3,5,16H,2,4H2,1H3,(H3,12,13,14,15)/t5-/m1/s1. The Balaban J connectivity index is 2.44. The van der Waals surface area contributed by atoms with Crippen molar-refractivity contribution in [2.75, 3.05) is 17.7 Å². The highest BCUT2D eigenvalue weighted by Crippen LogP contribution is 2.31. The van der Waals surface area contributed by atoms with Crippen LogP contribution in [0.1, 0.15) is 13.3 Å². The molecule has 92 valence electrons. The van der Waals surface area contributed by atoms with Gasteiger partial charge in [-0.3, -0.25) is 0 Å². The van der Waals surface area contributed by atoms with E-state index in [-0.39, 0.29) is 18.6 Å². The lowest BCUT2D eigenvalue weighted by Gasteiger charge is -2.15. The Hall–Kier alpha value is -0.670. The third-order valence-corrected chi connectivity index (χ3v) is 4.30. The van der Waals surface area contributed by atoms with E-state index in [1.807, 2.05) is 13.0 Å². The number of nitrogens with one attached hydrogen (secondary N) is 1. The van der Waals surface area contributed by atoms with Crippen molar-refractivity contribution in [3.05, 3.63) is 8.95 Å². The number of aromatic nitrogens is 2. The molecule has 0 aliphatic heterocycles. The molecule has 0 aliphatic carbocycles. The van der Waals surface area contributed by atoms with Crippen LogP contribution in [0.5, 0.6) is 0 Å². The molecule has 0 radical (unpaired) electrons. The molecule has 0 amide bonds. The van der Waals surface area contributed by atoms with Crippen LogP contribution in [0.2, 0.25) is 0 Å². The zero-order valence-electron chi connectivity index (χ0n) is 9.27. The highest BCUT2D eigenvalue weighted by atomic mass is 127. The van der Waals surface area contributed by atoms with Crippen LogP contribution in [0.25, 0.3) is 10.2 Å². The van der Waals surface area contributed by atoms with Gasteiger partial charge in [-0.25, -0.2) is 4.98 Å². The number of fused-ring (bicyclic) bond motifs is 1. The molecule has 0 aromatic carbocycles. The fourth-order valence-corrected chi connectivity index (χ4v) is 3.22. The van der Waals surface area contributed by atoms with Crippen molar-refractivity contribution in [3.63, 3.8) is 0 Å². The fraction of sp³-hybridized carbons (Fsp3) is 0.400. The molecule has 2 aromatic rings. The molecule has 1 atom stereocenters. The number of aliphatic hydroxyl groups excluding tert-OH is 1. The molecule has 0 bridgehead atoms. The number of nitrogens with two attached hydrogens (primary N) is 1. The summed E-state index contributed by atoms with van der Waals surface area (Å²) in [5, 5.41) is 12.4. The molecule has 0 saturated carbocycles. The maximum absolute atomic E-state index is 9.20. The second-order valence-electron chi connectivity index (χ2n) is 3.63. The zero-order chi connectivity index (χ0) is 12.4. The van der Waals surface area contributed by atoms with E-state index < -0.39 is 0 Å². The van der Waals surface area contributed by atoms with Gasteiger partial charge in [0.25, 0.3) is 0 Å². The monoisotopic (exact) mass is 364 g/mol. The van der Waals surface area contributed by atoms with Crippen LogP contribution < -0.4 is 11.1 Å². The van der Waals surface area contributed by atoms with Gasteiger partial charge in [0.1, 0.15) is 5.82 Å².